The molecule has 2 amide bonds. The smallest absolute Gasteiger partial charge is 0.407 e. The van der Waals surface area contributed by atoms with Crippen LogP contribution in [0.1, 0.15) is 79.6 Å². The van der Waals surface area contributed by atoms with Crippen molar-refractivity contribution in [3.8, 4) is 0 Å². The van der Waals surface area contributed by atoms with Crippen LogP contribution in [0.15, 0.2) is 0 Å². The van der Waals surface area contributed by atoms with Gasteiger partial charge in [0.15, 0.2) is 0 Å². The van der Waals surface area contributed by atoms with Gasteiger partial charge in [-0.05, 0) is 40.0 Å². The van der Waals surface area contributed by atoms with Crippen molar-refractivity contribution < 1.29 is 14.3 Å². The molecule has 0 saturated carbocycles. The lowest BCUT2D eigenvalue weighted by Crippen LogP contribution is -2.33. The van der Waals surface area contributed by atoms with E-state index in [0.717, 1.165) is 51.5 Å². The predicted octanol–water partition coefficient (Wildman–Crippen LogP) is 4.01. The maximum absolute atomic E-state index is 11.8. The van der Waals surface area contributed by atoms with Crippen molar-refractivity contribution in [1.82, 2.24) is 10.6 Å². The van der Waals surface area contributed by atoms with Gasteiger partial charge in [0.1, 0.15) is 5.60 Å². The fourth-order valence-corrected chi connectivity index (χ4v) is 2.14. The first kappa shape index (κ1) is 21.7. The Hall–Kier alpha value is -1.26. The van der Waals surface area contributed by atoms with E-state index in [9.17, 15) is 9.59 Å². The lowest BCUT2D eigenvalue weighted by molar-refractivity contribution is -0.124. The van der Waals surface area contributed by atoms with Crippen LogP contribution in [0.2, 0.25) is 0 Å². The van der Waals surface area contributed by atoms with Crippen LogP contribution in [0, 0.1) is 5.92 Å². The number of carbonyl (C=O) groups excluding carboxylic acids is 2. The molecule has 1 unspecified atom stereocenters. The standard InChI is InChI=1S/C18H36N2O3/c1-6-7-12-15(2)16(21)19-13-10-8-9-11-14-20-17(22)23-18(3,4)5/h15H,6-14H2,1-5H3,(H,19,21)(H,20,22). The van der Waals surface area contributed by atoms with Gasteiger partial charge < -0.3 is 15.4 Å². The van der Waals surface area contributed by atoms with Crippen molar-refractivity contribution in [2.75, 3.05) is 13.1 Å². The number of hydrogen-bond donors (Lipinski definition) is 2. The zero-order chi connectivity index (χ0) is 17.7. The fraction of sp³-hybridized carbons (Fsp3) is 0.889. The summed E-state index contributed by atoms with van der Waals surface area (Å²) in [5.41, 5.74) is -0.448. The van der Waals surface area contributed by atoms with Crippen LogP contribution in [0.5, 0.6) is 0 Å². The Morgan fingerprint density at radius 3 is 2.04 bits per heavy atom. The summed E-state index contributed by atoms with van der Waals surface area (Å²) in [7, 11) is 0. The number of nitrogens with one attached hydrogen (secondary N) is 2. The Bertz CT molecular complexity index is 338. The summed E-state index contributed by atoms with van der Waals surface area (Å²) in [4.78, 5) is 23.2. The van der Waals surface area contributed by atoms with Gasteiger partial charge in [-0.3, -0.25) is 4.79 Å². The van der Waals surface area contributed by atoms with E-state index in [-0.39, 0.29) is 17.9 Å². The molecule has 2 N–H and O–H groups in total. The van der Waals surface area contributed by atoms with E-state index in [1.165, 1.54) is 0 Å². The Kier molecular flexibility index (Phi) is 11.5. The van der Waals surface area contributed by atoms with Crippen LogP contribution in [0.4, 0.5) is 4.79 Å². The molecule has 0 aliphatic heterocycles. The second kappa shape index (κ2) is 12.2. The molecule has 0 aromatic carbocycles. The zero-order valence-electron chi connectivity index (χ0n) is 15.7. The summed E-state index contributed by atoms with van der Waals surface area (Å²) in [6.45, 7) is 11.1. The first-order valence-electron chi connectivity index (χ1n) is 9.00. The first-order valence-corrected chi connectivity index (χ1v) is 9.00. The minimum atomic E-state index is -0.448. The van der Waals surface area contributed by atoms with Crippen LogP contribution in [-0.4, -0.2) is 30.7 Å². The van der Waals surface area contributed by atoms with Gasteiger partial charge in [0.2, 0.25) is 5.91 Å². The lowest BCUT2D eigenvalue weighted by atomic mass is 10.0. The molecule has 5 heteroatoms. The molecule has 0 bridgehead atoms. The molecule has 0 spiro atoms. The van der Waals surface area contributed by atoms with Crippen molar-refractivity contribution in [2.45, 2.75) is 85.2 Å². The summed E-state index contributed by atoms with van der Waals surface area (Å²) in [5, 5.41) is 5.75. The van der Waals surface area contributed by atoms with E-state index in [1.54, 1.807) is 0 Å². The van der Waals surface area contributed by atoms with E-state index < -0.39 is 5.60 Å². The van der Waals surface area contributed by atoms with Crippen LogP contribution in [0.25, 0.3) is 0 Å². The Labute approximate surface area is 141 Å². The Morgan fingerprint density at radius 2 is 1.52 bits per heavy atom. The maximum atomic E-state index is 11.8. The highest BCUT2D eigenvalue weighted by atomic mass is 16.6. The van der Waals surface area contributed by atoms with Crippen molar-refractivity contribution >= 4 is 12.0 Å². The molecule has 0 aromatic heterocycles. The Morgan fingerprint density at radius 1 is 0.957 bits per heavy atom. The van der Waals surface area contributed by atoms with Crippen LogP contribution < -0.4 is 10.6 Å². The Balaban J connectivity index is 3.46. The largest absolute Gasteiger partial charge is 0.444 e. The minimum absolute atomic E-state index is 0.118. The molecule has 5 nitrogen and oxygen atoms in total. The fourth-order valence-electron chi connectivity index (χ4n) is 2.14. The number of carbonyl (C=O) groups is 2. The highest BCUT2D eigenvalue weighted by molar-refractivity contribution is 5.78. The third-order valence-electron chi connectivity index (χ3n) is 3.51. The number of rotatable bonds is 11. The zero-order valence-corrected chi connectivity index (χ0v) is 15.7. The third-order valence-corrected chi connectivity index (χ3v) is 3.51. The van der Waals surface area contributed by atoms with Gasteiger partial charge in [0.05, 0.1) is 0 Å². The van der Waals surface area contributed by atoms with Gasteiger partial charge in [0, 0.05) is 19.0 Å². The number of hydrogen-bond acceptors (Lipinski definition) is 3. The average molecular weight is 328 g/mol. The van der Waals surface area contributed by atoms with Crippen LogP contribution in [0.3, 0.4) is 0 Å². The monoisotopic (exact) mass is 328 g/mol. The molecule has 0 aliphatic rings. The second-order valence-corrected chi connectivity index (χ2v) is 7.18. The average Bonchev–Trinajstić information content (AvgIpc) is 2.45. The highest BCUT2D eigenvalue weighted by Crippen LogP contribution is 2.08. The van der Waals surface area contributed by atoms with Crippen LogP contribution in [-0.2, 0) is 9.53 Å². The topological polar surface area (TPSA) is 67.4 Å². The molecule has 0 aromatic rings. The molecule has 0 heterocycles. The molecule has 0 fully saturated rings. The minimum Gasteiger partial charge on any atom is -0.444 e. The second-order valence-electron chi connectivity index (χ2n) is 7.18. The van der Waals surface area contributed by atoms with Gasteiger partial charge in [-0.25, -0.2) is 4.79 Å². The number of ether oxygens (including phenoxy) is 1. The number of alkyl carbamates (subject to hydrolysis) is 1. The number of amides is 2. The summed E-state index contributed by atoms with van der Waals surface area (Å²) in [6.07, 6.45) is 6.87. The predicted molar refractivity (Wildman–Crippen MR) is 94.4 cm³/mol. The quantitative estimate of drug-likeness (QED) is 0.563. The van der Waals surface area contributed by atoms with E-state index in [4.69, 9.17) is 4.74 Å². The SMILES string of the molecule is CCCCC(C)C(=O)NCCCCCCNC(=O)OC(C)(C)C. The van der Waals surface area contributed by atoms with Gasteiger partial charge in [0.25, 0.3) is 0 Å². The molecule has 23 heavy (non-hydrogen) atoms. The highest BCUT2D eigenvalue weighted by Gasteiger charge is 2.15. The molecule has 0 saturated heterocycles. The van der Waals surface area contributed by atoms with Crippen molar-refractivity contribution in [3.05, 3.63) is 0 Å². The molecule has 136 valence electrons. The molecule has 1 atom stereocenters. The summed E-state index contributed by atoms with van der Waals surface area (Å²) >= 11 is 0. The maximum Gasteiger partial charge on any atom is 0.407 e. The van der Waals surface area contributed by atoms with Crippen molar-refractivity contribution in [2.24, 2.45) is 5.92 Å². The summed E-state index contributed by atoms with van der Waals surface area (Å²) in [6, 6.07) is 0. The molecular formula is C18H36N2O3. The van der Waals surface area contributed by atoms with E-state index in [2.05, 4.69) is 17.6 Å². The summed E-state index contributed by atoms with van der Waals surface area (Å²) in [5.74, 6) is 0.290. The molecule has 0 aliphatic carbocycles. The van der Waals surface area contributed by atoms with Gasteiger partial charge in [-0.15, -0.1) is 0 Å². The number of unbranched alkanes of at least 4 members (excludes halogenated alkanes) is 4. The van der Waals surface area contributed by atoms with E-state index >= 15 is 0 Å². The molecule has 0 rings (SSSR count). The van der Waals surface area contributed by atoms with E-state index in [1.807, 2.05) is 27.7 Å². The van der Waals surface area contributed by atoms with Gasteiger partial charge in [-0.1, -0.05) is 39.5 Å². The third kappa shape index (κ3) is 14.1. The van der Waals surface area contributed by atoms with Crippen LogP contribution >= 0.6 is 0 Å². The van der Waals surface area contributed by atoms with Crippen molar-refractivity contribution in [3.63, 3.8) is 0 Å². The van der Waals surface area contributed by atoms with Crippen molar-refractivity contribution in [1.29, 1.82) is 0 Å². The first-order chi connectivity index (χ1) is 10.8. The lowest BCUT2D eigenvalue weighted by Gasteiger charge is -2.19. The normalized spacial score (nSPS) is 12.6. The van der Waals surface area contributed by atoms with E-state index in [0.29, 0.717) is 6.54 Å². The van der Waals surface area contributed by atoms with Gasteiger partial charge in [-0.2, -0.15) is 0 Å². The molecule has 0 radical (unpaired) electrons. The molecular weight excluding hydrogens is 292 g/mol. The van der Waals surface area contributed by atoms with Gasteiger partial charge >= 0.3 is 6.09 Å². The summed E-state index contributed by atoms with van der Waals surface area (Å²) < 4.78 is 5.16.